The van der Waals surface area contributed by atoms with E-state index >= 15 is 0 Å². The van der Waals surface area contributed by atoms with Gasteiger partial charge in [0.2, 0.25) is 0 Å². The number of hydrogen-bond acceptors (Lipinski definition) is 4. The molecule has 0 saturated heterocycles. The average molecular weight is 322 g/mol. The van der Waals surface area contributed by atoms with Gasteiger partial charge in [-0.3, -0.25) is 9.59 Å². The van der Waals surface area contributed by atoms with Crippen molar-refractivity contribution in [3.05, 3.63) is 12.2 Å². The molecule has 2 aliphatic rings. The molecule has 2 aliphatic carbocycles. The van der Waals surface area contributed by atoms with Crippen LogP contribution in [0.5, 0.6) is 0 Å². The maximum absolute atomic E-state index is 11.3. The van der Waals surface area contributed by atoms with Gasteiger partial charge in [0.1, 0.15) is 6.10 Å². The number of allylic oxidation sites excluding steroid dienone is 1. The summed E-state index contributed by atoms with van der Waals surface area (Å²) in [5.74, 6) is 0.796. The van der Waals surface area contributed by atoms with Gasteiger partial charge in [0.05, 0.1) is 6.61 Å². The van der Waals surface area contributed by atoms with Crippen LogP contribution in [0.15, 0.2) is 12.2 Å². The summed E-state index contributed by atoms with van der Waals surface area (Å²) in [5, 5.41) is 0. The van der Waals surface area contributed by atoms with Gasteiger partial charge >= 0.3 is 11.9 Å². The maximum atomic E-state index is 11.3. The summed E-state index contributed by atoms with van der Waals surface area (Å²) in [7, 11) is 0. The minimum atomic E-state index is -0.239. The Balaban J connectivity index is 2.18. The molecule has 4 heteroatoms. The number of carbonyl (C=O) groups is 2. The minimum absolute atomic E-state index is 0.0578. The third kappa shape index (κ3) is 3.96. The van der Waals surface area contributed by atoms with E-state index in [9.17, 15) is 9.59 Å². The molecular formula is C19H30O4. The molecule has 4 nitrogen and oxygen atoms in total. The van der Waals surface area contributed by atoms with Crippen molar-refractivity contribution in [1.82, 2.24) is 0 Å². The molecule has 0 heterocycles. The fourth-order valence-electron chi connectivity index (χ4n) is 4.81. The van der Waals surface area contributed by atoms with Crippen LogP contribution < -0.4 is 0 Å². The van der Waals surface area contributed by atoms with E-state index in [1.165, 1.54) is 19.4 Å². The normalized spacial score (nSPS) is 36.7. The molecular weight excluding hydrogens is 292 g/mol. The molecule has 23 heavy (non-hydrogen) atoms. The summed E-state index contributed by atoms with van der Waals surface area (Å²) in [4.78, 5) is 22.6. The third-order valence-electron chi connectivity index (χ3n) is 6.06. The Morgan fingerprint density at radius 2 is 1.87 bits per heavy atom. The molecule has 0 N–H and O–H groups in total. The predicted molar refractivity (Wildman–Crippen MR) is 88.7 cm³/mol. The summed E-state index contributed by atoms with van der Waals surface area (Å²) < 4.78 is 10.8. The van der Waals surface area contributed by atoms with Crippen LogP contribution in [0.25, 0.3) is 0 Å². The standard InChI is InChI=1S/C19H30O4/c1-12(2)16-6-7-19(10-16)13(3)8-18(23-15(5)21)9-17(19)11-22-14(4)20/h13,16-18H,1,6-11H2,2-5H3/t13-,16-,17+,18+,19+/m1/s1. The van der Waals surface area contributed by atoms with Gasteiger partial charge in [-0.25, -0.2) is 0 Å². The Kier molecular flexibility index (Phi) is 5.53. The number of rotatable bonds is 4. The SMILES string of the molecule is C=C(C)[C@@H]1CC[C@@]2(C1)[C@H](COC(C)=O)C[C@@H](OC(C)=O)C[C@H]2C. The maximum Gasteiger partial charge on any atom is 0.302 e. The molecule has 2 rings (SSSR count). The summed E-state index contributed by atoms with van der Waals surface area (Å²) in [5.41, 5.74) is 1.43. The molecule has 0 radical (unpaired) electrons. The summed E-state index contributed by atoms with van der Waals surface area (Å²) in [6, 6.07) is 0. The molecule has 0 aromatic carbocycles. The topological polar surface area (TPSA) is 52.6 Å². The Bertz CT molecular complexity index is 484. The van der Waals surface area contributed by atoms with E-state index in [2.05, 4.69) is 20.4 Å². The monoisotopic (exact) mass is 322 g/mol. The van der Waals surface area contributed by atoms with Crippen molar-refractivity contribution in [3.8, 4) is 0 Å². The first-order valence-corrected chi connectivity index (χ1v) is 8.70. The first-order chi connectivity index (χ1) is 10.7. The summed E-state index contributed by atoms with van der Waals surface area (Å²) in [6.07, 6.45) is 5.05. The largest absolute Gasteiger partial charge is 0.466 e. The van der Waals surface area contributed by atoms with Crippen molar-refractivity contribution >= 4 is 11.9 Å². The van der Waals surface area contributed by atoms with Gasteiger partial charge in [-0.1, -0.05) is 19.1 Å². The molecule has 2 fully saturated rings. The van der Waals surface area contributed by atoms with Crippen LogP contribution >= 0.6 is 0 Å². The van der Waals surface area contributed by atoms with Crippen LogP contribution in [0.4, 0.5) is 0 Å². The van der Waals surface area contributed by atoms with Gasteiger partial charge in [-0.05, 0) is 56.3 Å². The first-order valence-electron chi connectivity index (χ1n) is 8.70. The van der Waals surface area contributed by atoms with Crippen LogP contribution in [0.1, 0.15) is 59.8 Å². The average Bonchev–Trinajstić information content (AvgIpc) is 2.87. The van der Waals surface area contributed by atoms with Gasteiger partial charge in [-0.15, -0.1) is 0 Å². The van der Waals surface area contributed by atoms with Crippen molar-refractivity contribution < 1.29 is 19.1 Å². The van der Waals surface area contributed by atoms with Crippen molar-refractivity contribution in [2.24, 2.45) is 23.2 Å². The highest BCUT2D eigenvalue weighted by Crippen LogP contribution is 2.58. The lowest BCUT2D eigenvalue weighted by Gasteiger charge is -2.48. The summed E-state index contributed by atoms with van der Waals surface area (Å²) in [6.45, 7) is 11.9. The van der Waals surface area contributed by atoms with Crippen LogP contribution in [0.3, 0.4) is 0 Å². The van der Waals surface area contributed by atoms with Crippen LogP contribution in [-0.4, -0.2) is 24.6 Å². The zero-order valence-corrected chi connectivity index (χ0v) is 14.9. The van der Waals surface area contributed by atoms with Crippen molar-refractivity contribution in [2.75, 3.05) is 6.61 Å². The van der Waals surface area contributed by atoms with Crippen molar-refractivity contribution in [3.63, 3.8) is 0 Å². The van der Waals surface area contributed by atoms with Crippen LogP contribution in [0.2, 0.25) is 0 Å². The lowest BCUT2D eigenvalue weighted by molar-refractivity contribution is -0.159. The van der Waals surface area contributed by atoms with Gasteiger partial charge < -0.3 is 9.47 Å². The number of esters is 2. The highest BCUT2D eigenvalue weighted by atomic mass is 16.5. The molecule has 0 bridgehead atoms. The highest BCUT2D eigenvalue weighted by Gasteiger charge is 2.52. The Morgan fingerprint density at radius 1 is 1.17 bits per heavy atom. The number of carbonyl (C=O) groups excluding carboxylic acids is 2. The lowest BCUT2D eigenvalue weighted by Crippen LogP contribution is -2.46. The van der Waals surface area contributed by atoms with E-state index in [1.807, 2.05) is 0 Å². The Labute approximate surface area is 139 Å². The molecule has 5 atom stereocenters. The Hall–Kier alpha value is -1.32. The lowest BCUT2D eigenvalue weighted by atomic mass is 9.58. The first kappa shape index (κ1) is 18.0. The van der Waals surface area contributed by atoms with E-state index in [1.54, 1.807) is 0 Å². The van der Waals surface area contributed by atoms with Crippen molar-refractivity contribution in [1.29, 1.82) is 0 Å². The molecule has 1 spiro atoms. The van der Waals surface area contributed by atoms with E-state index in [-0.39, 0.29) is 29.4 Å². The van der Waals surface area contributed by atoms with Gasteiger partial charge in [0, 0.05) is 19.8 Å². The fraction of sp³-hybridized carbons (Fsp3) is 0.789. The fourth-order valence-corrected chi connectivity index (χ4v) is 4.81. The zero-order chi connectivity index (χ0) is 17.2. The quantitative estimate of drug-likeness (QED) is 0.582. The molecule has 0 unspecified atom stereocenters. The second kappa shape index (κ2) is 7.06. The predicted octanol–water partition coefficient (Wildman–Crippen LogP) is 3.89. The van der Waals surface area contributed by atoms with Crippen LogP contribution in [0, 0.1) is 23.2 Å². The number of ether oxygens (including phenoxy) is 2. The number of hydrogen-bond donors (Lipinski definition) is 0. The molecule has 2 saturated carbocycles. The molecule has 0 aliphatic heterocycles. The van der Waals surface area contributed by atoms with Gasteiger partial charge in [0.15, 0.2) is 0 Å². The molecule has 0 aromatic rings. The van der Waals surface area contributed by atoms with E-state index in [0.717, 1.165) is 32.1 Å². The minimum Gasteiger partial charge on any atom is -0.466 e. The second-order valence-corrected chi connectivity index (χ2v) is 7.62. The third-order valence-corrected chi connectivity index (χ3v) is 6.06. The van der Waals surface area contributed by atoms with Gasteiger partial charge in [-0.2, -0.15) is 0 Å². The Morgan fingerprint density at radius 3 is 2.39 bits per heavy atom. The molecule has 0 aromatic heterocycles. The molecule has 130 valence electrons. The van der Waals surface area contributed by atoms with E-state index in [4.69, 9.17) is 9.47 Å². The highest BCUT2D eigenvalue weighted by molar-refractivity contribution is 5.66. The summed E-state index contributed by atoms with van der Waals surface area (Å²) >= 11 is 0. The smallest absolute Gasteiger partial charge is 0.302 e. The zero-order valence-electron chi connectivity index (χ0n) is 14.9. The second-order valence-electron chi connectivity index (χ2n) is 7.62. The van der Waals surface area contributed by atoms with Crippen molar-refractivity contribution in [2.45, 2.75) is 65.9 Å². The molecule has 0 amide bonds. The van der Waals surface area contributed by atoms with Crippen LogP contribution in [-0.2, 0) is 19.1 Å². The van der Waals surface area contributed by atoms with Gasteiger partial charge in [0.25, 0.3) is 0 Å². The van der Waals surface area contributed by atoms with E-state index < -0.39 is 0 Å². The van der Waals surface area contributed by atoms with E-state index in [0.29, 0.717) is 18.4 Å².